The third-order valence-corrected chi connectivity index (χ3v) is 7.05. The number of halogens is 11. The van der Waals surface area contributed by atoms with Gasteiger partial charge in [-0.1, -0.05) is 0 Å². The van der Waals surface area contributed by atoms with Crippen LogP contribution >= 0.6 is 0 Å². The highest BCUT2D eigenvalue weighted by Crippen LogP contribution is 2.57. The van der Waals surface area contributed by atoms with Gasteiger partial charge < -0.3 is 0 Å². The fourth-order valence-electron chi connectivity index (χ4n) is 4.69. The van der Waals surface area contributed by atoms with Crippen LogP contribution in [0.1, 0.15) is 38.9 Å². The molecular formula is C31H6F11N5. The van der Waals surface area contributed by atoms with Crippen molar-refractivity contribution in [1.29, 1.82) is 26.3 Å². The van der Waals surface area contributed by atoms with Crippen LogP contribution in [0.2, 0.25) is 0 Å². The summed E-state index contributed by atoms with van der Waals surface area (Å²) in [6.07, 6.45) is 0. The van der Waals surface area contributed by atoms with Crippen molar-refractivity contribution in [3.8, 4) is 30.3 Å². The summed E-state index contributed by atoms with van der Waals surface area (Å²) in [6, 6.07) is 5.29. The zero-order valence-electron chi connectivity index (χ0n) is 22.9. The molecule has 0 unspecified atom stereocenters. The molecule has 0 N–H and O–H groups in total. The van der Waals surface area contributed by atoms with Gasteiger partial charge in [0.25, 0.3) is 0 Å². The van der Waals surface area contributed by atoms with E-state index in [4.69, 9.17) is 10.5 Å². The average molecular weight is 657 g/mol. The molecule has 0 aliphatic heterocycles. The minimum atomic E-state index is -2.44. The van der Waals surface area contributed by atoms with Gasteiger partial charge in [0.2, 0.25) is 0 Å². The van der Waals surface area contributed by atoms with E-state index in [1.807, 2.05) is 0 Å². The van der Waals surface area contributed by atoms with Crippen molar-refractivity contribution in [3.63, 3.8) is 0 Å². The van der Waals surface area contributed by atoms with Gasteiger partial charge in [-0.2, -0.15) is 26.3 Å². The molecule has 16 heteroatoms. The first-order valence-electron chi connectivity index (χ1n) is 12.2. The van der Waals surface area contributed by atoms with Crippen LogP contribution in [0.25, 0.3) is 16.7 Å². The zero-order valence-corrected chi connectivity index (χ0v) is 22.9. The van der Waals surface area contributed by atoms with Crippen LogP contribution in [0, 0.1) is 134 Å². The molecule has 3 aromatic rings. The Hall–Kier alpha value is -6.44. The van der Waals surface area contributed by atoms with E-state index in [2.05, 4.69) is 0 Å². The smallest absolute Gasteiger partial charge is 0.180 e. The van der Waals surface area contributed by atoms with Gasteiger partial charge in [0.15, 0.2) is 58.2 Å². The molecule has 0 heterocycles. The molecule has 0 spiro atoms. The third-order valence-electron chi connectivity index (χ3n) is 7.05. The quantitative estimate of drug-likeness (QED) is 0.162. The number of hydrogen-bond donors (Lipinski definition) is 0. The van der Waals surface area contributed by atoms with Crippen molar-refractivity contribution in [3.05, 3.63) is 120 Å². The number of hydrogen-bond acceptors (Lipinski definition) is 5. The van der Waals surface area contributed by atoms with Crippen molar-refractivity contribution in [1.82, 2.24) is 0 Å². The molecule has 0 radical (unpaired) electrons. The molecule has 0 bridgehead atoms. The highest BCUT2D eigenvalue weighted by molar-refractivity contribution is 6.12. The SMILES string of the molecule is Cc1c(F)c(F)c(/C(C#N)=C2\C(=C(C#N)c3c(F)c(C)c(C#N)c(F)c3F)\C2=C(/C#N)c2c(F)c(F)c(C#N)c(F)c2F)c(F)c1F. The first-order valence-corrected chi connectivity index (χ1v) is 12.2. The Morgan fingerprint density at radius 3 is 0.936 bits per heavy atom. The molecule has 232 valence electrons. The van der Waals surface area contributed by atoms with Gasteiger partial charge in [0.05, 0.1) is 39.0 Å². The number of allylic oxidation sites excluding steroid dienone is 6. The van der Waals surface area contributed by atoms with Crippen LogP contribution in [0.3, 0.4) is 0 Å². The van der Waals surface area contributed by atoms with E-state index in [1.165, 1.54) is 0 Å². The lowest BCUT2D eigenvalue weighted by atomic mass is 9.96. The molecule has 1 saturated carbocycles. The van der Waals surface area contributed by atoms with Crippen LogP contribution < -0.4 is 0 Å². The summed E-state index contributed by atoms with van der Waals surface area (Å²) >= 11 is 0. The maximum absolute atomic E-state index is 15.4. The van der Waals surface area contributed by atoms with Gasteiger partial charge in [0.1, 0.15) is 41.7 Å². The second kappa shape index (κ2) is 11.8. The molecule has 1 aliphatic carbocycles. The van der Waals surface area contributed by atoms with E-state index >= 15 is 26.3 Å². The largest absolute Gasteiger partial charge is 0.206 e. The second-order valence-corrected chi connectivity index (χ2v) is 9.39. The first-order chi connectivity index (χ1) is 22.1. The van der Waals surface area contributed by atoms with E-state index in [1.54, 1.807) is 0 Å². The Morgan fingerprint density at radius 2 is 0.638 bits per heavy atom. The van der Waals surface area contributed by atoms with Gasteiger partial charge in [0, 0.05) is 27.8 Å². The Balaban J connectivity index is 2.37. The van der Waals surface area contributed by atoms with Crippen LogP contribution in [0.5, 0.6) is 0 Å². The summed E-state index contributed by atoms with van der Waals surface area (Å²) in [7, 11) is 0. The Morgan fingerprint density at radius 1 is 0.362 bits per heavy atom. The predicted molar refractivity (Wildman–Crippen MR) is 135 cm³/mol. The van der Waals surface area contributed by atoms with Gasteiger partial charge in [-0.3, -0.25) is 0 Å². The second-order valence-electron chi connectivity index (χ2n) is 9.39. The van der Waals surface area contributed by atoms with Gasteiger partial charge >= 0.3 is 0 Å². The topological polar surface area (TPSA) is 119 Å². The summed E-state index contributed by atoms with van der Waals surface area (Å²) in [5.41, 5.74) is -19.0. The van der Waals surface area contributed by atoms with Gasteiger partial charge in [-0.25, -0.2) is 48.3 Å². The number of benzene rings is 3. The molecule has 1 fully saturated rings. The summed E-state index contributed by atoms with van der Waals surface area (Å²) in [4.78, 5) is 0. The van der Waals surface area contributed by atoms with Crippen molar-refractivity contribution in [2.75, 3.05) is 0 Å². The minimum Gasteiger partial charge on any atom is -0.206 e. The predicted octanol–water partition coefficient (Wildman–Crippen LogP) is 7.82. The maximum atomic E-state index is 15.4. The number of rotatable bonds is 3. The summed E-state index contributed by atoms with van der Waals surface area (Å²) in [6.45, 7) is 1.33. The van der Waals surface area contributed by atoms with E-state index in [-0.39, 0.29) is 0 Å². The lowest BCUT2D eigenvalue weighted by Crippen LogP contribution is -2.06. The number of nitrogens with zero attached hydrogens (tertiary/aromatic N) is 5. The molecule has 47 heavy (non-hydrogen) atoms. The molecule has 4 rings (SSSR count). The lowest BCUT2D eigenvalue weighted by Gasteiger charge is -2.10. The molecule has 0 atom stereocenters. The van der Waals surface area contributed by atoms with Crippen LogP contribution in [0.4, 0.5) is 48.3 Å². The van der Waals surface area contributed by atoms with Crippen LogP contribution in [-0.4, -0.2) is 0 Å². The monoisotopic (exact) mass is 657 g/mol. The molecule has 0 aromatic heterocycles. The Bertz CT molecular complexity index is 2130. The van der Waals surface area contributed by atoms with E-state index in [0.717, 1.165) is 37.3 Å². The van der Waals surface area contributed by atoms with Crippen LogP contribution in [-0.2, 0) is 0 Å². The molecule has 0 amide bonds. The summed E-state index contributed by atoms with van der Waals surface area (Å²) < 4.78 is 164. The molecule has 0 saturated heterocycles. The Labute approximate surface area is 255 Å². The Kier molecular flexibility index (Phi) is 8.41. The van der Waals surface area contributed by atoms with Gasteiger partial charge in [-0.15, -0.1) is 0 Å². The van der Waals surface area contributed by atoms with Crippen molar-refractivity contribution < 1.29 is 48.3 Å². The maximum Gasteiger partial charge on any atom is 0.180 e. The highest BCUT2D eigenvalue weighted by Gasteiger charge is 2.46. The molecule has 1 aliphatic rings. The minimum absolute atomic E-state index is 0.585. The molecule has 5 nitrogen and oxygen atoms in total. The van der Waals surface area contributed by atoms with E-state index in [0.29, 0.717) is 6.92 Å². The van der Waals surface area contributed by atoms with E-state index in [9.17, 15) is 37.7 Å². The molecular weight excluding hydrogens is 651 g/mol. The average Bonchev–Trinajstić information content (AvgIpc) is 3.77. The fourth-order valence-corrected chi connectivity index (χ4v) is 4.69. The fraction of sp³-hybridized carbons (Fsp3) is 0.0645. The van der Waals surface area contributed by atoms with Crippen LogP contribution in [0.15, 0.2) is 16.7 Å². The van der Waals surface area contributed by atoms with E-state index < -0.39 is 136 Å². The highest BCUT2D eigenvalue weighted by atomic mass is 19.2. The van der Waals surface area contributed by atoms with Crippen molar-refractivity contribution in [2.45, 2.75) is 13.8 Å². The standard InChI is InChI=1S/C31H6F11N5/c1-8-10(3-43)24(35)29(40)18(21(8)32)11(4-44)15-16(12(5-45)19-27(38)22(33)9(2)23(34)28(19)39)17(15)13(6-46)20-30(41)25(36)14(7-47)26(37)31(20)42/h1-2H3/b15-11?,16-12+,17-13-. The number of nitriles is 5. The van der Waals surface area contributed by atoms with Crippen molar-refractivity contribution in [2.24, 2.45) is 0 Å². The van der Waals surface area contributed by atoms with Crippen molar-refractivity contribution >= 4 is 16.7 Å². The summed E-state index contributed by atoms with van der Waals surface area (Å²) in [5, 5.41) is 47.6. The molecule has 3 aromatic carbocycles. The zero-order chi connectivity index (χ0) is 35.4. The lowest BCUT2D eigenvalue weighted by molar-refractivity contribution is 0.442. The summed E-state index contributed by atoms with van der Waals surface area (Å²) in [5.74, 6) is -24.4. The van der Waals surface area contributed by atoms with Gasteiger partial charge in [-0.05, 0) is 13.8 Å². The first kappa shape index (κ1) is 33.5. The third kappa shape index (κ3) is 4.65. The normalized spacial score (nSPS) is 15.1.